The number of carbonyl (C=O) groups excluding carboxylic acids is 1. The summed E-state index contributed by atoms with van der Waals surface area (Å²) in [4.78, 5) is 11.3. The number of hydrogen-bond donors (Lipinski definition) is 4. The molecular weight excluding hydrogens is 362 g/mol. The Bertz CT molecular complexity index is 762. The third-order valence-electron chi connectivity index (χ3n) is 4.26. The zero-order valence-electron chi connectivity index (χ0n) is 16.1. The Morgan fingerprint density at radius 3 is 2.50 bits per heavy atom. The molecule has 2 aromatic carbocycles. The van der Waals surface area contributed by atoms with Gasteiger partial charge in [-0.15, -0.1) is 0 Å². The predicted octanol–water partition coefficient (Wildman–Crippen LogP) is 2.29. The molecule has 0 unspecified atom stereocenters. The molecule has 0 aliphatic rings. The summed E-state index contributed by atoms with van der Waals surface area (Å²) in [6.45, 7) is 4.21. The van der Waals surface area contributed by atoms with Gasteiger partial charge in [0, 0.05) is 6.04 Å². The highest BCUT2D eigenvalue weighted by Crippen LogP contribution is 2.27. The lowest BCUT2D eigenvalue weighted by Gasteiger charge is -2.21. The van der Waals surface area contributed by atoms with E-state index < -0.39 is 12.1 Å². The van der Waals surface area contributed by atoms with Crippen LogP contribution in [0.1, 0.15) is 31.1 Å². The minimum atomic E-state index is -0.701. The lowest BCUT2D eigenvalue weighted by atomic mass is 10.0. The second kappa shape index (κ2) is 10.5. The Labute approximate surface area is 164 Å². The van der Waals surface area contributed by atoms with E-state index in [4.69, 9.17) is 9.47 Å². The van der Waals surface area contributed by atoms with Crippen LogP contribution in [-0.2, 0) is 16.0 Å². The van der Waals surface area contributed by atoms with E-state index in [0.717, 1.165) is 11.1 Å². The van der Waals surface area contributed by atoms with Crippen LogP contribution < -0.4 is 10.1 Å². The monoisotopic (exact) mass is 389 g/mol. The van der Waals surface area contributed by atoms with Crippen molar-refractivity contribution in [1.82, 2.24) is 5.32 Å². The normalized spacial score (nSPS) is 13.0. The van der Waals surface area contributed by atoms with Crippen molar-refractivity contribution in [3.63, 3.8) is 0 Å². The van der Waals surface area contributed by atoms with Crippen molar-refractivity contribution in [3.8, 4) is 17.2 Å². The molecule has 28 heavy (non-hydrogen) atoms. The number of aromatic hydroxyl groups is 2. The number of rotatable bonds is 10. The molecule has 2 atom stereocenters. The van der Waals surface area contributed by atoms with Gasteiger partial charge in [0.15, 0.2) is 18.1 Å². The quantitative estimate of drug-likeness (QED) is 0.462. The smallest absolute Gasteiger partial charge is 0.344 e. The van der Waals surface area contributed by atoms with E-state index in [1.54, 1.807) is 43.3 Å². The molecule has 2 rings (SSSR count). The van der Waals surface area contributed by atoms with E-state index in [-0.39, 0.29) is 36.5 Å². The lowest BCUT2D eigenvalue weighted by molar-refractivity contribution is -0.145. The van der Waals surface area contributed by atoms with Gasteiger partial charge in [0.2, 0.25) is 0 Å². The minimum Gasteiger partial charge on any atom is -0.508 e. The standard InChI is InChI=1S/C21H27NO6/c1-3-27-20(25)13-28-19-9-4-15(12-18(19)24)10-11-22-14(2)21(26)16-5-7-17(23)8-6-16/h4-9,12,14,21-24,26H,3,10-11,13H2,1-2H3/t14-,21-/m0/s1. The van der Waals surface area contributed by atoms with Gasteiger partial charge in [-0.3, -0.25) is 0 Å². The van der Waals surface area contributed by atoms with Crippen LogP contribution in [0, 0.1) is 0 Å². The maximum atomic E-state index is 11.3. The highest BCUT2D eigenvalue weighted by atomic mass is 16.6. The molecule has 0 radical (unpaired) electrons. The summed E-state index contributed by atoms with van der Waals surface area (Å²) in [6.07, 6.45) is -0.0640. The van der Waals surface area contributed by atoms with E-state index in [9.17, 15) is 20.1 Å². The first-order valence-electron chi connectivity index (χ1n) is 9.21. The number of aliphatic hydroxyl groups is 1. The number of nitrogens with one attached hydrogen (secondary N) is 1. The zero-order chi connectivity index (χ0) is 20.5. The van der Waals surface area contributed by atoms with Gasteiger partial charge in [-0.1, -0.05) is 18.2 Å². The lowest BCUT2D eigenvalue weighted by Crippen LogP contribution is -2.33. The molecule has 0 aliphatic carbocycles. The molecule has 4 N–H and O–H groups in total. The van der Waals surface area contributed by atoms with Crippen LogP contribution in [0.25, 0.3) is 0 Å². The van der Waals surface area contributed by atoms with Crippen LogP contribution in [0.2, 0.25) is 0 Å². The van der Waals surface area contributed by atoms with E-state index in [1.165, 1.54) is 0 Å². The number of ether oxygens (including phenoxy) is 2. The van der Waals surface area contributed by atoms with Crippen LogP contribution in [0.5, 0.6) is 17.2 Å². The molecule has 152 valence electrons. The van der Waals surface area contributed by atoms with Gasteiger partial charge < -0.3 is 30.1 Å². The SMILES string of the molecule is CCOC(=O)COc1ccc(CCN[C@@H](C)[C@H](O)c2ccc(O)cc2)cc1O. The van der Waals surface area contributed by atoms with Crippen molar-refractivity contribution >= 4 is 5.97 Å². The first-order valence-corrected chi connectivity index (χ1v) is 9.21. The van der Waals surface area contributed by atoms with Crippen LogP contribution >= 0.6 is 0 Å². The molecule has 7 heteroatoms. The average Bonchev–Trinajstić information content (AvgIpc) is 2.67. The van der Waals surface area contributed by atoms with Crippen molar-refractivity contribution in [3.05, 3.63) is 53.6 Å². The number of hydrogen-bond acceptors (Lipinski definition) is 7. The molecule has 2 aromatic rings. The minimum absolute atomic E-state index is 0.0426. The fourth-order valence-corrected chi connectivity index (χ4v) is 2.70. The molecule has 0 aliphatic heterocycles. The number of esters is 1. The summed E-state index contributed by atoms with van der Waals surface area (Å²) in [6, 6.07) is 11.3. The molecule has 7 nitrogen and oxygen atoms in total. The number of benzene rings is 2. The molecule has 0 amide bonds. The van der Waals surface area contributed by atoms with Crippen LogP contribution in [0.15, 0.2) is 42.5 Å². The Kier molecular flexibility index (Phi) is 8.10. The number of carbonyl (C=O) groups is 1. The molecule has 0 fully saturated rings. The topological polar surface area (TPSA) is 108 Å². The molecular formula is C21H27NO6. The second-order valence-electron chi connectivity index (χ2n) is 6.42. The van der Waals surface area contributed by atoms with E-state index in [2.05, 4.69) is 5.32 Å². The Morgan fingerprint density at radius 2 is 1.86 bits per heavy atom. The van der Waals surface area contributed by atoms with Crippen LogP contribution in [0.3, 0.4) is 0 Å². The van der Waals surface area contributed by atoms with Crippen LogP contribution in [-0.4, -0.2) is 47.1 Å². The fraction of sp³-hybridized carbons (Fsp3) is 0.381. The van der Waals surface area contributed by atoms with Gasteiger partial charge >= 0.3 is 5.97 Å². The van der Waals surface area contributed by atoms with Gasteiger partial charge in [-0.25, -0.2) is 4.79 Å². The summed E-state index contributed by atoms with van der Waals surface area (Å²) >= 11 is 0. The highest BCUT2D eigenvalue weighted by molar-refractivity contribution is 5.71. The summed E-state index contributed by atoms with van der Waals surface area (Å²) < 4.78 is 10.0. The molecule has 0 bridgehead atoms. The molecule has 0 saturated carbocycles. The first kappa shape index (κ1) is 21.5. The molecule has 0 heterocycles. The molecule has 0 spiro atoms. The van der Waals surface area contributed by atoms with Crippen molar-refractivity contribution in [2.24, 2.45) is 0 Å². The van der Waals surface area contributed by atoms with Crippen LogP contribution in [0.4, 0.5) is 0 Å². The van der Waals surface area contributed by atoms with E-state index >= 15 is 0 Å². The highest BCUT2D eigenvalue weighted by Gasteiger charge is 2.16. The van der Waals surface area contributed by atoms with Gasteiger partial charge in [-0.2, -0.15) is 0 Å². The van der Waals surface area contributed by atoms with Gasteiger partial charge in [0.1, 0.15) is 5.75 Å². The van der Waals surface area contributed by atoms with Crippen molar-refractivity contribution in [1.29, 1.82) is 0 Å². The summed E-state index contributed by atoms with van der Waals surface area (Å²) in [5.41, 5.74) is 1.61. The average molecular weight is 389 g/mol. The molecule has 0 aromatic heterocycles. The van der Waals surface area contributed by atoms with Gasteiger partial charge in [-0.05, 0) is 62.2 Å². The maximum Gasteiger partial charge on any atom is 0.344 e. The summed E-state index contributed by atoms with van der Waals surface area (Å²) in [5, 5.41) is 33.0. The number of phenols is 2. The third kappa shape index (κ3) is 6.44. The maximum absolute atomic E-state index is 11.3. The Hall–Kier alpha value is -2.77. The van der Waals surface area contributed by atoms with Crippen molar-refractivity contribution in [2.75, 3.05) is 19.8 Å². The Balaban J connectivity index is 1.81. The van der Waals surface area contributed by atoms with Gasteiger partial charge in [0.25, 0.3) is 0 Å². The fourth-order valence-electron chi connectivity index (χ4n) is 2.70. The third-order valence-corrected chi connectivity index (χ3v) is 4.26. The largest absolute Gasteiger partial charge is 0.508 e. The van der Waals surface area contributed by atoms with E-state index in [1.807, 2.05) is 13.0 Å². The van der Waals surface area contributed by atoms with Gasteiger partial charge in [0.05, 0.1) is 12.7 Å². The number of aliphatic hydroxyl groups excluding tert-OH is 1. The zero-order valence-corrected chi connectivity index (χ0v) is 16.1. The summed E-state index contributed by atoms with van der Waals surface area (Å²) in [5.74, 6) is -0.151. The van der Waals surface area contributed by atoms with E-state index in [0.29, 0.717) is 13.0 Å². The van der Waals surface area contributed by atoms with Crippen molar-refractivity contribution in [2.45, 2.75) is 32.4 Å². The second-order valence-corrected chi connectivity index (χ2v) is 6.42. The predicted molar refractivity (Wildman–Crippen MR) is 104 cm³/mol. The first-order chi connectivity index (χ1) is 13.4. The Morgan fingerprint density at radius 1 is 1.14 bits per heavy atom. The molecule has 0 saturated heterocycles. The number of phenolic OH excluding ortho intramolecular Hbond substituents is 2. The van der Waals surface area contributed by atoms with Crippen molar-refractivity contribution < 1.29 is 29.6 Å². The summed E-state index contributed by atoms with van der Waals surface area (Å²) in [7, 11) is 0.